The third-order valence-electron chi connectivity index (χ3n) is 2.76. The highest BCUT2D eigenvalue weighted by atomic mass is 19.3. The Kier molecular flexibility index (Phi) is 4.05. The summed E-state index contributed by atoms with van der Waals surface area (Å²) in [6.07, 6.45) is -0.481. The van der Waals surface area contributed by atoms with Crippen LogP contribution in [0, 0.1) is 5.41 Å². The largest absolute Gasteiger partial charge is 0.294 e. The fraction of sp³-hybridized carbons (Fsp3) is 0.400. The molecule has 0 saturated carbocycles. The van der Waals surface area contributed by atoms with Gasteiger partial charge in [0.05, 0.1) is 0 Å². The zero-order valence-corrected chi connectivity index (χ0v) is 11.0. The molecular formula is C15H18F2O. The van der Waals surface area contributed by atoms with Crippen LogP contribution in [0.3, 0.4) is 0 Å². The van der Waals surface area contributed by atoms with E-state index in [1.807, 2.05) is 6.07 Å². The Morgan fingerprint density at radius 2 is 1.67 bits per heavy atom. The lowest BCUT2D eigenvalue weighted by Gasteiger charge is -2.27. The van der Waals surface area contributed by atoms with Crippen molar-refractivity contribution in [3.8, 4) is 0 Å². The van der Waals surface area contributed by atoms with Crippen LogP contribution < -0.4 is 0 Å². The van der Waals surface area contributed by atoms with Crippen molar-refractivity contribution in [1.29, 1.82) is 0 Å². The van der Waals surface area contributed by atoms with Gasteiger partial charge in [-0.05, 0) is 12.5 Å². The van der Waals surface area contributed by atoms with Crippen LogP contribution in [-0.2, 0) is 4.79 Å². The van der Waals surface area contributed by atoms with Crippen LogP contribution in [0.25, 0.3) is 5.57 Å². The second kappa shape index (κ2) is 5.01. The lowest BCUT2D eigenvalue weighted by molar-refractivity contribution is -0.126. The van der Waals surface area contributed by atoms with Crippen LogP contribution in [0.1, 0.15) is 32.8 Å². The number of carbonyl (C=O) groups is 1. The first-order valence-electron chi connectivity index (χ1n) is 5.80. The molecule has 0 amide bonds. The SMILES string of the molecule is C=C(C(=O)C(C)(C)CC(C)(F)F)c1ccccc1. The maximum Gasteiger partial charge on any atom is 0.246 e. The van der Waals surface area contributed by atoms with Crippen LogP contribution in [0.5, 0.6) is 0 Å². The molecule has 0 aromatic heterocycles. The highest BCUT2D eigenvalue weighted by Gasteiger charge is 2.38. The standard InChI is InChI=1S/C15H18F2O/c1-11(12-8-6-5-7-9-12)13(18)14(2,3)10-15(4,16)17/h5-9H,1,10H2,2-4H3. The van der Waals surface area contributed by atoms with Gasteiger partial charge in [-0.1, -0.05) is 50.8 Å². The van der Waals surface area contributed by atoms with Gasteiger partial charge in [-0.3, -0.25) is 4.79 Å². The van der Waals surface area contributed by atoms with E-state index < -0.39 is 17.8 Å². The number of rotatable bonds is 5. The molecule has 0 N–H and O–H groups in total. The lowest BCUT2D eigenvalue weighted by atomic mass is 9.78. The molecule has 0 radical (unpaired) electrons. The first-order valence-corrected chi connectivity index (χ1v) is 5.80. The highest BCUT2D eigenvalue weighted by molar-refractivity contribution is 6.22. The molecule has 1 aromatic rings. The van der Waals surface area contributed by atoms with Crippen molar-refractivity contribution < 1.29 is 13.6 Å². The number of alkyl halides is 2. The Balaban J connectivity index is 2.91. The molecule has 1 rings (SSSR count). The summed E-state index contributed by atoms with van der Waals surface area (Å²) in [5, 5.41) is 0. The van der Waals surface area contributed by atoms with Gasteiger partial charge in [-0.25, -0.2) is 8.78 Å². The van der Waals surface area contributed by atoms with E-state index >= 15 is 0 Å². The van der Waals surface area contributed by atoms with Crippen LogP contribution in [0.2, 0.25) is 0 Å². The molecule has 0 spiro atoms. The molecule has 0 bridgehead atoms. The first-order chi connectivity index (χ1) is 8.13. The quantitative estimate of drug-likeness (QED) is 0.712. The Labute approximate surface area is 107 Å². The predicted molar refractivity (Wildman–Crippen MR) is 69.5 cm³/mol. The Morgan fingerprint density at radius 1 is 1.17 bits per heavy atom. The van der Waals surface area contributed by atoms with Crippen molar-refractivity contribution in [2.75, 3.05) is 0 Å². The minimum absolute atomic E-state index is 0.282. The number of hydrogen-bond acceptors (Lipinski definition) is 1. The second-order valence-electron chi connectivity index (χ2n) is 5.30. The van der Waals surface area contributed by atoms with Crippen molar-refractivity contribution in [2.24, 2.45) is 5.41 Å². The van der Waals surface area contributed by atoms with E-state index in [9.17, 15) is 13.6 Å². The third-order valence-corrected chi connectivity index (χ3v) is 2.76. The maximum absolute atomic E-state index is 13.1. The van der Waals surface area contributed by atoms with Crippen LogP contribution in [0.4, 0.5) is 8.78 Å². The average Bonchev–Trinajstić information content (AvgIpc) is 2.25. The molecule has 0 fully saturated rings. The molecule has 0 aliphatic carbocycles. The number of Topliss-reactive ketones (excluding diaryl/α,β-unsaturated/α-hetero) is 1. The van der Waals surface area contributed by atoms with Crippen LogP contribution >= 0.6 is 0 Å². The van der Waals surface area contributed by atoms with Gasteiger partial charge in [0.2, 0.25) is 5.92 Å². The molecule has 0 aliphatic heterocycles. The second-order valence-corrected chi connectivity index (χ2v) is 5.30. The van der Waals surface area contributed by atoms with E-state index in [4.69, 9.17) is 0 Å². The van der Waals surface area contributed by atoms with Crippen LogP contribution in [0.15, 0.2) is 36.9 Å². The van der Waals surface area contributed by atoms with E-state index in [1.54, 1.807) is 24.3 Å². The molecule has 0 saturated heterocycles. The number of hydrogen-bond donors (Lipinski definition) is 0. The molecule has 98 valence electrons. The molecule has 1 nitrogen and oxygen atoms in total. The predicted octanol–water partition coefficient (Wildman–Crippen LogP) is 4.34. The van der Waals surface area contributed by atoms with E-state index in [2.05, 4.69) is 6.58 Å². The molecule has 3 heteroatoms. The summed E-state index contributed by atoms with van der Waals surface area (Å²) in [7, 11) is 0. The van der Waals surface area contributed by atoms with Crippen molar-refractivity contribution in [3.05, 3.63) is 42.5 Å². The Hall–Kier alpha value is -1.51. The van der Waals surface area contributed by atoms with E-state index in [1.165, 1.54) is 13.8 Å². The summed E-state index contributed by atoms with van der Waals surface area (Å²) in [4.78, 5) is 12.2. The van der Waals surface area contributed by atoms with Crippen LogP contribution in [-0.4, -0.2) is 11.7 Å². The van der Waals surface area contributed by atoms with Gasteiger partial charge in [0.1, 0.15) is 0 Å². The van der Waals surface area contributed by atoms with E-state index in [-0.39, 0.29) is 11.4 Å². The molecule has 18 heavy (non-hydrogen) atoms. The summed E-state index contributed by atoms with van der Waals surface area (Å²) in [6, 6.07) is 8.90. The van der Waals surface area contributed by atoms with E-state index in [0.717, 1.165) is 6.92 Å². The number of ketones is 1. The molecule has 0 unspecified atom stereocenters. The smallest absolute Gasteiger partial charge is 0.246 e. The minimum Gasteiger partial charge on any atom is -0.294 e. The fourth-order valence-corrected chi connectivity index (χ4v) is 2.04. The highest BCUT2D eigenvalue weighted by Crippen LogP contribution is 2.35. The van der Waals surface area contributed by atoms with E-state index in [0.29, 0.717) is 5.56 Å². The van der Waals surface area contributed by atoms with Gasteiger partial charge in [0, 0.05) is 17.4 Å². The Bertz CT molecular complexity index is 441. The first kappa shape index (κ1) is 14.6. The summed E-state index contributed by atoms with van der Waals surface area (Å²) < 4.78 is 26.1. The topological polar surface area (TPSA) is 17.1 Å². The number of halogens is 2. The molecule has 0 aliphatic rings. The van der Waals surface area contributed by atoms with Crippen molar-refractivity contribution >= 4 is 11.4 Å². The summed E-state index contributed by atoms with van der Waals surface area (Å²) in [5.74, 6) is -3.20. The normalized spacial score (nSPS) is 12.3. The zero-order chi connectivity index (χ0) is 14.0. The molecule has 0 heterocycles. The monoisotopic (exact) mass is 252 g/mol. The zero-order valence-electron chi connectivity index (χ0n) is 11.0. The summed E-state index contributed by atoms with van der Waals surface area (Å²) in [6.45, 7) is 7.61. The number of carbonyl (C=O) groups excluding carboxylic acids is 1. The van der Waals surface area contributed by atoms with Crippen molar-refractivity contribution in [2.45, 2.75) is 33.1 Å². The minimum atomic E-state index is -2.86. The van der Waals surface area contributed by atoms with Gasteiger partial charge in [0.15, 0.2) is 5.78 Å². The fourth-order valence-electron chi connectivity index (χ4n) is 2.04. The van der Waals surface area contributed by atoms with Crippen molar-refractivity contribution in [3.63, 3.8) is 0 Å². The van der Waals surface area contributed by atoms with Gasteiger partial charge in [0.25, 0.3) is 0 Å². The van der Waals surface area contributed by atoms with Gasteiger partial charge >= 0.3 is 0 Å². The van der Waals surface area contributed by atoms with Crippen molar-refractivity contribution in [1.82, 2.24) is 0 Å². The van der Waals surface area contributed by atoms with Gasteiger partial charge in [-0.2, -0.15) is 0 Å². The summed E-state index contributed by atoms with van der Waals surface area (Å²) >= 11 is 0. The Morgan fingerprint density at radius 3 is 2.11 bits per heavy atom. The lowest BCUT2D eigenvalue weighted by Crippen LogP contribution is -2.31. The average molecular weight is 252 g/mol. The number of allylic oxidation sites excluding steroid dienone is 1. The third kappa shape index (κ3) is 3.76. The number of benzene rings is 1. The maximum atomic E-state index is 13.1. The van der Waals surface area contributed by atoms with Gasteiger partial charge in [-0.15, -0.1) is 0 Å². The van der Waals surface area contributed by atoms with Gasteiger partial charge < -0.3 is 0 Å². The summed E-state index contributed by atoms with van der Waals surface area (Å²) in [5.41, 5.74) is -0.162. The molecule has 0 atom stereocenters. The molecule has 1 aromatic carbocycles. The molecular weight excluding hydrogens is 234 g/mol.